The Labute approximate surface area is 149 Å². The Bertz CT molecular complexity index is 792. The number of nitrogens with one attached hydrogen (secondary N) is 1. The summed E-state index contributed by atoms with van der Waals surface area (Å²) in [5.74, 6) is 1.22. The Morgan fingerprint density at radius 2 is 1.85 bits per heavy atom. The minimum Gasteiger partial charge on any atom is -0.493 e. The molecule has 2 rings (SSSR count). The molecule has 0 atom stereocenters. The lowest BCUT2D eigenvalue weighted by molar-refractivity contribution is -0.389. The van der Waals surface area contributed by atoms with Crippen molar-refractivity contribution >= 4 is 17.4 Å². The summed E-state index contributed by atoms with van der Waals surface area (Å²) in [6, 6.07) is 3.24. The van der Waals surface area contributed by atoms with Gasteiger partial charge in [0, 0.05) is 37.7 Å². The third kappa shape index (κ3) is 4.21. The molecule has 0 aliphatic carbocycles. The number of amides is 1. The van der Waals surface area contributed by atoms with Gasteiger partial charge in [-0.15, -0.1) is 0 Å². The van der Waals surface area contributed by atoms with E-state index in [1.165, 1.54) is 27.5 Å². The van der Waals surface area contributed by atoms with Gasteiger partial charge in [-0.25, -0.2) is 0 Å². The van der Waals surface area contributed by atoms with Crippen LogP contribution in [0.15, 0.2) is 18.3 Å². The SMILES string of the molecule is COc1cc(NC(=O)CCn2cc([N+](=O)[O-])nc2C)cc(OC)c1OC. The van der Waals surface area contributed by atoms with E-state index in [1.54, 1.807) is 23.6 Å². The Morgan fingerprint density at radius 1 is 1.23 bits per heavy atom. The molecule has 0 radical (unpaired) electrons. The molecule has 2 aromatic rings. The molecule has 0 saturated heterocycles. The minimum atomic E-state index is -0.570. The second-order valence-corrected chi connectivity index (χ2v) is 5.31. The number of benzene rings is 1. The van der Waals surface area contributed by atoms with Gasteiger partial charge in [-0.05, 0) is 9.91 Å². The molecular weight excluding hydrogens is 344 g/mol. The average molecular weight is 364 g/mol. The third-order valence-corrected chi connectivity index (χ3v) is 3.68. The van der Waals surface area contributed by atoms with E-state index < -0.39 is 4.92 Å². The molecule has 0 saturated carbocycles. The molecular formula is C16H20N4O6. The molecule has 0 aliphatic rings. The van der Waals surface area contributed by atoms with Crippen LogP contribution in [0.4, 0.5) is 11.5 Å². The summed E-state index contributed by atoms with van der Waals surface area (Å²) in [7, 11) is 4.46. The van der Waals surface area contributed by atoms with E-state index in [9.17, 15) is 14.9 Å². The van der Waals surface area contributed by atoms with E-state index in [4.69, 9.17) is 14.2 Å². The lowest BCUT2D eigenvalue weighted by Crippen LogP contribution is -2.15. The molecule has 1 amide bonds. The number of carbonyl (C=O) groups excluding carboxylic acids is 1. The normalized spacial score (nSPS) is 10.3. The van der Waals surface area contributed by atoms with Crippen LogP contribution >= 0.6 is 0 Å². The van der Waals surface area contributed by atoms with Crippen LogP contribution < -0.4 is 19.5 Å². The number of rotatable bonds is 8. The van der Waals surface area contributed by atoms with Crippen molar-refractivity contribution in [3.8, 4) is 17.2 Å². The van der Waals surface area contributed by atoms with Crippen LogP contribution in [0.3, 0.4) is 0 Å². The number of hydrogen-bond donors (Lipinski definition) is 1. The van der Waals surface area contributed by atoms with Crippen molar-refractivity contribution < 1.29 is 23.9 Å². The first kappa shape index (κ1) is 19.0. The van der Waals surface area contributed by atoms with Crippen LogP contribution in [0, 0.1) is 17.0 Å². The zero-order valence-corrected chi connectivity index (χ0v) is 14.9. The first-order valence-electron chi connectivity index (χ1n) is 7.67. The van der Waals surface area contributed by atoms with Gasteiger partial charge in [0.2, 0.25) is 17.5 Å². The van der Waals surface area contributed by atoms with Gasteiger partial charge in [0.1, 0.15) is 6.20 Å². The van der Waals surface area contributed by atoms with Crippen molar-refractivity contribution in [3.05, 3.63) is 34.3 Å². The molecule has 140 valence electrons. The van der Waals surface area contributed by atoms with E-state index in [1.807, 2.05) is 0 Å². The van der Waals surface area contributed by atoms with Crippen molar-refractivity contribution in [1.29, 1.82) is 0 Å². The number of nitrogens with zero attached hydrogens (tertiary/aromatic N) is 3. The summed E-state index contributed by atoms with van der Waals surface area (Å²) in [6.45, 7) is 1.91. The van der Waals surface area contributed by atoms with Crippen LogP contribution in [-0.2, 0) is 11.3 Å². The fourth-order valence-electron chi connectivity index (χ4n) is 2.40. The molecule has 10 heteroatoms. The summed E-state index contributed by atoms with van der Waals surface area (Å²) < 4.78 is 17.3. The molecule has 1 N–H and O–H groups in total. The van der Waals surface area contributed by atoms with Gasteiger partial charge in [-0.1, -0.05) is 0 Å². The van der Waals surface area contributed by atoms with E-state index in [0.29, 0.717) is 28.8 Å². The fraction of sp³-hybridized carbons (Fsp3) is 0.375. The summed E-state index contributed by atoms with van der Waals surface area (Å²) >= 11 is 0. The van der Waals surface area contributed by atoms with Crippen molar-refractivity contribution in [1.82, 2.24) is 9.55 Å². The van der Waals surface area contributed by atoms with Crippen molar-refractivity contribution in [2.45, 2.75) is 19.9 Å². The smallest absolute Gasteiger partial charge is 0.381 e. The molecule has 0 unspecified atom stereocenters. The summed E-state index contributed by atoms with van der Waals surface area (Å²) in [6.07, 6.45) is 1.42. The first-order valence-corrected chi connectivity index (χ1v) is 7.67. The number of methoxy groups -OCH3 is 3. The lowest BCUT2D eigenvalue weighted by atomic mass is 10.2. The van der Waals surface area contributed by atoms with Gasteiger partial charge in [0.05, 0.1) is 21.3 Å². The number of aromatic nitrogens is 2. The molecule has 1 heterocycles. The monoisotopic (exact) mass is 364 g/mol. The molecule has 0 spiro atoms. The first-order chi connectivity index (χ1) is 12.4. The maximum Gasteiger partial charge on any atom is 0.381 e. The number of hydrogen-bond acceptors (Lipinski definition) is 7. The van der Waals surface area contributed by atoms with Gasteiger partial charge >= 0.3 is 5.82 Å². The molecule has 10 nitrogen and oxygen atoms in total. The minimum absolute atomic E-state index is 0.116. The number of carbonyl (C=O) groups is 1. The molecule has 1 aromatic heterocycles. The standard InChI is InChI=1S/C16H20N4O6/c1-10-17-14(20(22)23)9-19(10)6-5-15(21)18-11-7-12(24-2)16(26-4)13(8-11)25-3/h7-9H,5-6H2,1-4H3,(H,18,21). The summed E-state index contributed by atoms with van der Waals surface area (Å²) in [4.78, 5) is 26.2. The molecule has 0 fully saturated rings. The van der Waals surface area contributed by atoms with Crippen LogP contribution in [0.2, 0.25) is 0 Å². The van der Waals surface area contributed by atoms with Crippen LogP contribution in [0.1, 0.15) is 12.2 Å². The Morgan fingerprint density at radius 3 is 2.31 bits per heavy atom. The number of ether oxygens (including phenoxy) is 3. The second-order valence-electron chi connectivity index (χ2n) is 5.31. The summed E-state index contributed by atoms with van der Waals surface area (Å²) in [5, 5.41) is 13.5. The third-order valence-electron chi connectivity index (χ3n) is 3.68. The van der Waals surface area contributed by atoms with E-state index in [0.717, 1.165) is 0 Å². The Balaban J connectivity index is 2.07. The van der Waals surface area contributed by atoms with E-state index in [-0.39, 0.29) is 24.7 Å². The average Bonchev–Trinajstić information content (AvgIpc) is 3.00. The van der Waals surface area contributed by atoms with Gasteiger partial charge in [0.25, 0.3) is 0 Å². The fourth-order valence-corrected chi connectivity index (χ4v) is 2.40. The quantitative estimate of drug-likeness (QED) is 0.563. The predicted molar refractivity (Wildman–Crippen MR) is 93.0 cm³/mol. The Kier molecular flexibility index (Phi) is 5.99. The van der Waals surface area contributed by atoms with Crippen molar-refractivity contribution in [2.24, 2.45) is 0 Å². The Hall–Kier alpha value is -3.30. The van der Waals surface area contributed by atoms with Crippen molar-refractivity contribution in [3.63, 3.8) is 0 Å². The zero-order valence-electron chi connectivity index (χ0n) is 14.9. The van der Waals surface area contributed by atoms with Crippen molar-refractivity contribution in [2.75, 3.05) is 26.6 Å². The number of nitro groups is 1. The highest BCUT2D eigenvalue weighted by Gasteiger charge is 2.17. The van der Waals surface area contributed by atoms with Gasteiger partial charge in [-0.3, -0.25) is 4.79 Å². The maximum absolute atomic E-state index is 12.2. The highest BCUT2D eigenvalue weighted by molar-refractivity contribution is 5.91. The van der Waals surface area contributed by atoms with Crippen LogP contribution in [0.25, 0.3) is 0 Å². The van der Waals surface area contributed by atoms with Crippen LogP contribution in [-0.4, -0.2) is 41.7 Å². The summed E-state index contributed by atoms with van der Waals surface area (Å²) in [5.41, 5.74) is 0.484. The van der Waals surface area contributed by atoms with E-state index in [2.05, 4.69) is 10.3 Å². The van der Waals surface area contributed by atoms with Gasteiger partial charge in [0.15, 0.2) is 11.5 Å². The van der Waals surface area contributed by atoms with Gasteiger partial charge in [-0.2, -0.15) is 0 Å². The molecule has 26 heavy (non-hydrogen) atoms. The van der Waals surface area contributed by atoms with Crippen LogP contribution in [0.5, 0.6) is 17.2 Å². The van der Waals surface area contributed by atoms with E-state index >= 15 is 0 Å². The highest BCUT2D eigenvalue weighted by atomic mass is 16.6. The molecule has 0 bridgehead atoms. The second kappa shape index (κ2) is 8.19. The highest BCUT2D eigenvalue weighted by Crippen LogP contribution is 2.39. The molecule has 1 aromatic carbocycles. The number of aryl methyl sites for hydroxylation is 2. The zero-order chi connectivity index (χ0) is 19.3. The largest absolute Gasteiger partial charge is 0.493 e. The maximum atomic E-state index is 12.2. The number of imidazole rings is 1. The topological polar surface area (TPSA) is 118 Å². The predicted octanol–water partition coefficient (Wildman–Crippen LogP) is 2.15. The lowest BCUT2D eigenvalue weighted by Gasteiger charge is -2.14. The molecule has 0 aliphatic heterocycles. The van der Waals surface area contributed by atoms with Gasteiger partial charge < -0.3 is 34.2 Å². The number of anilines is 1.